The largest absolute Gasteiger partial charge is 0.369 e. The highest BCUT2D eigenvalue weighted by atomic mass is 32.2. The smallest absolute Gasteiger partial charge is 0.303 e. The van der Waals surface area contributed by atoms with E-state index < -0.39 is 21.4 Å². The number of likely N-dealkylation sites (N-methyl/N-ethyl adjacent to an activating group) is 1. The molecule has 3 aromatic carbocycles. The number of nitrogens with two attached hydrogens (primary N) is 1. The first-order valence-electron chi connectivity index (χ1n) is 13.6. The van der Waals surface area contributed by atoms with Crippen LogP contribution in [-0.2, 0) is 24.5 Å². The summed E-state index contributed by atoms with van der Waals surface area (Å²) in [6, 6.07) is 26.4. The normalized spacial score (nSPS) is 26.1. The van der Waals surface area contributed by atoms with E-state index in [1.54, 1.807) is 24.3 Å². The topological polar surface area (TPSA) is 94.1 Å². The minimum absolute atomic E-state index is 0.0387. The Morgan fingerprint density at radius 3 is 2.08 bits per heavy atom. The van der Waals surface area contributed by atoms with Crippen molar-refractivity contribution in [2.75, 3.05) is 20.1 Å². The summed E-state index contributed by atoms with van der Waals surface area (Å²) >= 11 is 0. The van der Waals surface area contributed by atoms with Gasteiger partial charge >= 0.3 is 10.1 Å². The van der Waals surface area contributed by atoms with Crippen LogP contribution in [0.5, 0.6) is 0 Å². The van der Waals surface area contributed by atoms with E-state index in [0.29, 0.717) is 13.0 Å². The van der Waals surface area contributed by atoms with Gasteiger partial charge in [0.15, 0.2) is 0 Å². The Bertz CT molecular complexity index is 1370. The Morgan fingerprint density at radius 2 is 1.54 bits per heavy atom. The van der Waals surface area contributed by atoms with Crippen LogP contribution in [0.3, 0.4) is 0 Å². The Morgan fingerprint density at radius 1 is 0.974 bits per heavy atom. The lowest BCUT2D eigenvalue weighted by atomic mass is 9.64. The molecule has 2 fully saturated rings. The zero-order chi connectivity index (χ0) is 27.8. The van der Waals surface area contributed by atoms with E-state index in [1.807, 2.05) is 81.6 Å². The van der Waals surface area contributed by atoms with Crippen molar-refractivity contribution in [3.8, 4) is 0 Å². The van der Waals surface area contributed by atoms with Gasteiger partial charge in [0.1, 0.15) is 5.41 Å². The van der Waals surface area contributed by atoms with Crippen molar-refractivity contribution in [1.82, 2.24) is 4.90 Å². The van der Waals surface area contributed by atoms with Gasteiger partial charge in [-0.05, 0) is 55.4 Å². The van der Waals surface area contributed by atoms with Crippen LogP contribution in [0.1, 0.15) is 42.9 Å². The molecule has 4 atom stereocenters. The highest BCUT2D eigenvalue weighted by molar-refractivity contribution is 7.86. The van der Waals surface area contributed by atoms with E-state index in [4.69, 9.17) is 9.92 Å². The quantitative estimate of drug-likeness (QED) is 0.423. The summed E-state index contributed by atoms with van der Waals surface area (Å²) in [5, 5.41) is 0. The fourth-order valence-corrected chi connectivity index (χ4v) is 7.99. The third kappa shape index (κ3) is 4.80. The lowest BCUT2D eigenvalue weighted by Crippen LogP contribution is -3.16. The van der Waals surface area contributed by atoms with Crippen molar-refractivity contribution in [1.29, 1.82) is 0 Å². The number of nitrogens with one attached hydrogen (secondary N) is 1. The van der Waals surface area contributed by atoms with Gasteiger partial charge in [-0.1, -0.05) is 78.4 Å². The van der Waals surface area contributed by atoms with E-state index in [1.165, 1.54) is 0 Å². The van der Waals surface area contributed by atoms with Crippen LogP contribution in [0.2, 0.25) is 0 Å². The van der Waals surface area contributed by atoms with Crippen LogP contribution in [-0.4, -0.2) is 51.3 Å². The van der Waals surface area contributed by atoms with Gasteiger partial charge in [0.2, 0.25) is 5.91 Å². The lowest BCUT2D eigenvalue weighted by Gasteiger charge is -2.40. The molecule has 7 nitrogen and oxygen atoms in total. The second-order valence-corrected chi connectivity index (χ2v) is 12.7. The molecule has 5 rings (SSSR count). The predicted octanol–water partition coefficient (Wildman–Crippen LogP) is 2.84. The first-order valence-corrected chi connectivity index (χ1v) is 15.0. The third-order valence-electron chi connectivity index (χ3n) is 8.95. The van der Waals surface area contributed by atoms with E-state index >= 15 is 0 Å². The molecule has 206 valence electrons. The number of carbonyl (C=O) groups is 1. The predicted molar refractivity (Wildman–Crippen MR) is 150 cm³/mol. The number of rotatable bonds is 8. The summed E-state index contributed by atoms with van der Waals surface area (Å²) in [5.41, 5.74) is 8.06. The summed E-state index contributed by atoms with van der Waals surface area (Å²) in [5.74, 6) is -1.49. The molecule has 0 aromatic heterocycles. The second-order valence-electron chi connectivity index (χ2n) is 11.1. The molecule has 2 aliphatic rings. The van der Waals surface area contributed by atoms with Crippen LogP contribution in [0.15, 0.2) is 89.8 Å². The van der Waals surface area contributed by atoms with Crippen molar-refractivity contribution in [2.45, 2.75) is 55.3 Å². The van der Waals surface area contributed by atoms with Crippen LogP contribution < -0.4 is 10.6 Å². The molecule has 1 heterocycles. The molecular formula is C31H38N3O4S+. The molecule has 3 aromatic rings. The van der Waals surface area contributed by atoms with Gasteiger partial charge < -0.3 is 5.73 Å². The minimum atomic E-state index is -3.99. The highest BCUT2D eigenvalue weighted by Gasteiger charge is 2.57. The standard InChI is InChI=1S/C31H37N3O4S/c1-23-14-18-28(19-15-23)39(36,37)38-30(2)33(3)20-21-34(30)27-17-16-26(22-27)31(29(32)35,24-10-6-4-7-11-24)25-12-8-5-9-13-25/h4-15,18-19,26-27H,16-17,20-22H2,1-3H3,(H2,32,35)/p+1/t26-,27+,30?/m0/s1. The average Bonchev–Trinajstić information content (AvgIpc) is 3.50. The van der Waals surface area contributed by atoms with Crippen LogP contribution in [0.25, 0.3) is 0 Å². The Balaban J connectivity index is 1.48. The molecule has 2 unspecified atom stereocenters. The van der Waals surface area contributed by atoms with Crippen molar-refractivity contribution in [3.63, 3.8) is 0 Å². The Hall–Kier alpha value is -3.04. The van der Waals surface area contributed by atoms with Gasteiger partial charge in [-0.3, -0.25) is 9.69 Å². The molecule has 3 N–H and O–H groups in total. The maximum atomic E-state index is 13.5. The van der Waals surface area contributed by atoms with Gasteiger partial charge in [0.05, 0.1) is 25.0 Å². The van der Waals surface area contributed by atoms with Crippen molar-refractivity contribution in [3.05, 3.63) is 102 Å². The van der Waals surface area contributed by atoms with E-state index in [9.17, 15) is 13.2 Å². The van der Waals surface area contributed by atoms with Gasteiger partial charge in [0, 0.05) is 13.0 Å². The minimum Gasteiger partial charge on any atom is -0.369 e. The molecule has 1 aliphatic heterocycles. The number of hydrogen-bond acceptors (Lipinski definition) is 5. The highest BCUT2D eigenvalue weighted by Crippen LogP contribution is 2.48. The summed E-state index contributed by atoms with van der Waals surface area (Å²) in [7, 11) is -2.02. The molecule has 1 saturated heterocycles. The maximum Gasteiger partial charge on any atom is 0.303 e. The summed E-state index contributed by atoms with van der Waals surface area (Å²) in [6.45, 7) is 5.23. The van der Waals surface area contributed by atoms with E-state index in [2.05, 4.69) is 4.90 Å². The molecule has 0 bridgehead atoms. The fourth-order valence-electron chi connectivity index (χ4n) is 6.76. The van der Waals surface area contributed by atoms with Gasteiger partial charge in [-0.25, -0.2) is 4.90 Å². The van der Waals surface area contributed by atoms with Crippen LogP contribution in [0, 0.1) is 12.8 Å². The molecule has 1 saturated carbocycles. The van der Waals surface area contributed by atoms with Crippen LogP contribution >= 0.6 is 0 Å². The molecular weight excluding hydrogens is 510 g/mol. The number of carbonyl (C=O) groups excluding carboxylic acids is 1. The average molecular weight is 549 g/mol. The maximum absolute atomic E-state index is 13.5. The Labute approximate surface area is 231 Å². The van der Waals surface area contributed by atoms with Crippen LogP contribution in [0.4, 0.5) is 0 Å². The monoisotopic (exact) mass is 548 g/mol. The van der Waals surface area contributed by atoms with Crippen molar-refractivity contribution in [2.24, 2.45) is 11.7 Å². The Kier molecular flexibility index (Phi) is 7.41. The third-order valence-corrected chi connectivity index (χ3v) is 10.3. The number of aryl methyl sites for hydroxylation is 1. The number of quaternary nitrogens is 1. The zero-order valence-corrected chi connectivity index (χ0v) is 23.7. The molecule has 0 radical (unpaired) electrons. The van der Waals surface area contributed by atoms with E-state index in [0.717, 1.165) is 41.0 Å². The zero-order valence-electron chi connectivity index (χ0n) is 22.8. The first-order chi connectivity index (χ1) is 18.6. The van der Waals surface area contributed by atoms with Crippen molar-refractivity contribution < 1.29 is 22.3 Å². The first kappa shape index (κ1) is 27.5. The van der Waals surface area contributed by atoms with Gasteiger partial charge in [-0.15, -0.1) is 0 Å². The number of benzene rings is 3. The number of amides is 1. The number of hydrogen-bond donors (Lipinski definition) is 2. The molecule has 8 heteroatoms. The molecule has 0 spiro atoms. The van der Waals surface area contributed by atoms with Crippen molar-refractivity contribution >= 4 is 16.0 Å². The molecule has 1 amide bonds. The fraction of sp³-hybridized carbons (Fsp3) is 0.387. The SMILES string of the molecule is Cc1ccc(S(=O)(=O)OC2(C)N([C@@H]3CC[C@H](C(C(N)=O)(c4ccccc4)c4ccccc4)C3)CC[NH+]2C)cc1. The van der Waals surface area contributed by atoms with Gasteiger partial charge in [0.25, 0.3) is 5.85 Å². The van der Waals surface area contributed by atoms with Gasteiger partial charge in [-0.2, -0.15) is 12.6 Å². The summed E-state index contributed by atoms with van der Waals surface area (Å²) in [6.07, 6.45) is 2.30. The molecule has 1 aliphatic carbocycles. The molecule has 39 heavy (non-hydrogen) atoms. The summed E-state index contributed by atoms with van der Waals surface area (Å²) < 4.78 is 32.8. The lowest BCUT2D eigenvalue weighted by molar-refractivity contribution is -0.949. The second kappa shape index (κ2) is 10.5. The van der Waals surface area contributed by atoms with E-state index in [-0.39, 0.29) is 22.8 Å². The number of nitrogens with zero attached hydrogens (tertiary/aromatic N) is 1. The number of primary amides is 1. The summed E-state index contributed by atoms with van der Waals surface area (Å²) in [4.78, 5) is 16.8.